The van der Waals surface area contributed by atoms with Gasteiger partial charge < -0.3 is 18.9 Å². The lowest BCUT2D eigenvalue weighted by Gasteiger charge is -2.41. The van der Waals surface area contributed by atoms with Crippen LogP contribution in [-0.4, -0.2) is 36.3 Å². The van der Waals surface area contributed by atoms with Crippen LogP contribution in [0.5, 0.6) is 5.75 Å². The molecule has 0 amide bonds. The summed E-state index contributed by atoms with van der Waals surface area (Å²) in [5.74, 6) is 15.6. The zero-order valence-electron chi connectivity index (χ0n) is 39.2. The van der Waals surface area contributed by atoms with Crippen LogP contribution in [0.15, 0.2) is 109 Å². The average molecular weight is 911 g/mol. The molecule has 0 unspecified atom stereocenters. The van der Waals surface area contributed by atoms with Crippen molar-refractivity contribution < 1.29 is 38.1 Å². The third-order valence-corrected chi connectivity index (χ3v) is 13.9. The van der Waals surface area contributed by atoms with Gasteiger partial charge in [0.15, 0.2) is 5.60 Å². The van der Waals surface area contributed by atoms with Gasteiger partial charge in [0.05, 0.1) is 17.4 Å². The first-order valence-electron chi connectivity index (χ1n) is 24.5. The third-order valence-electron chi connectivity index (χ3n) is 13.9. The first-order valence-corrected chi connectivity index (χ1v) is 24.5. The van der Waals surface area contributed by atoms with Gasteiger partial charge in [0.1, 0.15) is 5.75 Å². The van der Waals surface area contributed by atoms with Crippen LogP contribution in [0.1, 0.15) is 148 Å². The molecular weight excluding hydrogens is 849 g/mol. The highest BCUT2D eigenvalue weighted by Gasteiger charge is 2.41. The highest BCUT2D eigenvalue weighted by atomic mass is 16.7. The Morgan fingerprint density at radius 1 is 0.632 bits per heavy atom. The van der Waals surface area contributed by atoms with E-state index in [4.69, 9.17) is 25.4 Å². The number of benzene rings is 4. The maximum Gasteiger partial charge on any atom is 0.339 e. The maximum atomic E-state index is 13.9. The molecule has 8 nitrogen and oxygen atoms in total. The van der Waals surface area contributed by atoms with E-state index in [2.05, 4.69) is 36.5 Å². The van der Waals surface area contributed by atoms with Gasteiger partial charge in [-0.1, -0.05) is 99.5 Å². The highest BCUT2D eigenvalue weighted by Crippen LogP contribution is 2.44. The molecule has 3 aliphatic carbocycles. The van der Waals surface area contributed by atoms with Crippen molar-refractivity contribution in [3.63, 3.8) is 0 Å². The van der Waals surface area contributed by atoms with E-state index in [0.29, 0.717) is 61.7 Å². The van der Waals surface area contributed by atoms with E-state index in [1.165, 1.54) is 57.4 Å². The Bertz CT molecular complexity index is 2500. The molecule has 68 heavy (non-hydrogen) atoms. The Kier molecular flexibility index (Phi) is 17.9. The molecule has 3 fully saturated rings. The van der Waals surface area contributed by atoms with Crippen molar-refractivity contribution in [1.29, 1.82) is 0 Å². The Balaban J connectivity index is 0.918. The normalized spacial score (nSPS) is 22.2. The van der Waals surface area contributed by atoms with Crippen LogP contribution < -0.4 is 4.74 Å². The van der Waals surface area contributed by atoms with E-state index < -0.39 is 42.2 Å². The number of hydrogen-bond donors (Lipinski definition) is 0. The molecule has 0 radical (unpaired) electrons. The Morgan fingerprint density at radius 3 is 1.81 bits per heavy atom. The molecular formula is C60H62O8. The molecule has 0 N–H and O–H groups in total. The van der Waals surface area contributed by atoms with Gasteiger partial charge in [-0.15, -0.1) is 6.42 Å². The lowest BCUT2D eigenvalue weighted by atomic mass is 9.67. The molecule has 4 aromatic rings. The third kappa shape index (κ3) is 14.6. The van der Waals surface area contributed by atoms with Crippen molar-refractivity contribution in [2.75, 3.05) is 6.79 Å². The van der Waals surface area contributed by atoms with Crippen molar-refractivity contribution in [2.24, 2.45) is 29.6 Å². The lowest BCUT2D eigenvalue weighted by Crippen LogP contribution is -2.39. The summed E-state index contributed by atoms with van der Waals surface area (Å²) in [5, 5.41) is 0. The number of carbonyl (C=O) groups is 4. The zero-order valence-corrected chi connectivity index (χ0v) is 39.2. The molecule has 4 aromatic carbocycles. The molecule has 0 atom stereocenters. The van der Waals surface area contributed by atoms with Crippen LogP contribution in [0.3, 0.4) is 0 Å². The minimum atomic E-state index is -0.936. The minimum absolute atomic E-state index is 0.321. The molecule has 0 aliphatic heterocycles. The van der Waals surface area contributed by atoms with Gasteiger partial charge in [-0.3, -0.25) is 9.59 Å². The van der Waals surface area contributed by atoms with Crippen LogP contribution in [0.25, 0.3) is 6.08 Å². The summed E-state index contributed by atoms with van der Waals surface area (Å²) >= 11 is 0. The van der Waals surface area contributed by atoms with E-state index in [-0.39, 0.29) is 5.92 Å². The Labute approximate surface area is 402 Å². The molecule has 3 aliphatic rings. The van der Waals surface area contributed by atoms with E-state index in [0.717, 1.165) is 46.6 Å². The second kappa shape index (κ2) is 24.8. The van der Waals surface area contributed by atoms with Crippen molar-refractivity contribution in [3.8, 4) is 41.8 Å². The van der Waals surface area contributed by atoms with Crippen molar-refractivity contribution >= 4 is 30.0 Å². The molecule has 8 heteroatoms. The topological polar surface area (TPSA) is 105 Å². The number of unbranched alkanes of at least 4 members (excludes halogenated alkanes) is 2. The fraction of sp³-hybridized carbons (Fsp3) is 0.400. The highest BCUT2D eigenvalue weighted by molar-refractivity contribution is 5.90. The number of ether oxygens (including phenoxy) is 4. The fourth-order valence-electron chi connectivity index (χ4n) is 9.78. The molecule has 0 bridgehead atoms. The van der Waals surface area contributed by atoms with Crippen molar-refractivity contribution in [2.45, 2.75) is 115 Å². The summed E-state index contributed by atoms with van der Waals surface area (Å²) in [6.07, 6.45) is 24.0. The van der Waals surface area contributed by atoms with Crippen LogP contribution in [0.4, 0.5) is 0 Å². The number of rotatable bonds is 14. The van der Waals surface area contributed by atoms with Gasteiger partial charge in [0.2, 0.25) is 6.79 Å². The van der Waals surface area contributed by atoms with Crippen molar-refractivity contribution in [3.05, 3.63) is 143 Å². The Morgan fingerprint density at radius 2 is 1.21 bits per heavy atom. The summed E-state index contributed by atoms with van der Waals surface area (Å²) in [6, 6.07) is 31.2. The van der Waals surface area contributed by atoms with Crippen molar-refractivity contribution in [1.82, 2.24) is 0 Å². The standard InChI is InChI=1S/C60H62O8/c1-3-5-7-10-46-23-26-50(27-24-46)51-38-41-60(42-39-51,40-37-49-21-19-48(20-22-49)18-17-47-15-13-44(4-2)14-16-47)68-59(64)54-32-34-55(35-33-54)67-58(63)53-30-28-52(29-31-53)57(62)66-43-65-56(61)36-25-45-11-8-6-9-12-45/h2,6,8-9,11-16,19-22,25,32-36,46,50-53H,3,5,7,10,23-24,26-31,38-39,41-43H2,1H3/b36-25+. The molecule has 3 saturated carbocycles. The number of hydrogen-bond acceptors (Lipinski definition) is 8. The van der Waals surface area contributed by atoms with Gasteiger partial charge in [0.25, 0.3) is 0 Å². The first-order chi connectivity index (χ1) is 33.2. The smallest absolute Gasteiger partial charge is 0.339 e. The molecule has 7 rings (SSSR count). The molecule has 0 heterocycles. The summed E-state index contributed by atoms with van der Waals surface area (Å²) in [7, 11) is 0. The second-order valence-electron chi connectivity index (χ2n) is 18.6. The van der Waals surface area contributed by atoms with E-state index >= 15 is 0 Å². The van der Waals surface area contributed by atoms with E-state index in [1.54, 1.807) is 30.3 Å². The SMILES string of the molecule is C#Cc1ccc(C#Cc2ccc(C#CC3(OC(=O)c4ccc(OC(=O)C5CCC(C(=O)OCOC(=O)/C=C/c6ccccc6)CC5)cc4)CCC(C4CCC(CCCCC)CC4)CC3)cc2)cc1. The van der Waals surface area contributed by atoms with Gasteiger partial charge >= 0.3 is 23.9 Å². The van der Waals surface area contributed by atoms with Gasteiger partial charge in [-0.2, -0.15) is 0 Å². The number of terminal acetylenes is 1. The first kappa shape index (κ1) is 49.1. The van der Waals surface area contributed by atoms with Crippen LogP contribution in [-0.2, 0) is 28.6 Å². The van der Waals surface area contributed by atoms with Crippen LogP contribution in [0, 0.1) is 65.6 Å². The average Bonchev–Trinajstić information content (AvgIpc) is 3.38. The Hall–Kier alpha value is -6.82. The summed E-state index contributed by atoms with van der Waals surface area (Å²) < 4.78 is 22.4. The quantitative estimate of drug-likeness (QED) is 0.0308. The largest absolute Gasteiger partial charge is 0.442 e. The maximum absolute atomic E-state index is 13.9. The van der Waals surface area contributed by atoms with Gasteiger partial charge in [0, 0.05) is 28.3 Å². The monoisotopic (exact) mass is 910 g/mol. The number of carbonyl (C=O) groups excluding carboxylic acids is 4. The predicted molar refractivity (Wildman–Crippen MR) is 263 cm³/mol. The minimum Gasteiger partial charge on any atom is -0.442 e. The second-order valence-corrected chi connectivity index (χ2v) is 18.6. The molecule has 0 saturated heterocycles. The van der Waals surface area contributed by atoms with Crippen LogP contribution >= 0.6 is 0 Å². The number of esters is 4. The summed E-state index contributed by atoms with van der Waals surface area (Å²) in [5.41, 5.74) is 3.64. The van der Waals surface area contributed by atoms with E-state index in [1.807, 2.05) is 78.9 Å². The van der Waals surface area contributed by atoms with Gasteiger partial charge in [-0.25, -0.2) is 9.59 Å². The zero-order chi connectivity index (χ0) is 47.6. The summed E-state index contributed by atoms with van der Waals surface area (Å²) in [4.78, 5) is 51.8. The lowest BCUT2D eigenvalue weighted by molar-refractivity contribution is -0.169. The van der Waals surface area contributed by atoms with Crippen LogP contribution in [0.2, 0.25) is 0 Å². The molecule has 350 valence electrons. The molecule has 0 aromatic heterocycles. The van der Waals surface area contributed by atoms with E-state index in [9.17, 15) is 19.2 Å². The van der Waals surface area contributed by atoms with Gasteiger partial charge in [-0.05, 0) is 172 Å². The summed E-state index contributed by atoms with van der Waals surface area (Å²) in [6.45, 7) is 1.79. The fourth-order valence-corrected chi connectivity index (χ4v) is 9.78. The molecule has 0 spiro atoms. The predicted octanol–water partition coefficient (Wildman–Crippen LogP) is 12.1.